The highest BCUT2D eigenvalue weighted by Crippen LogP contribution is 1.89. The molecule has 0 atom stereocenters. The lowest BCUT2D eigenvalue weighted by atomic mass is 11.2. The highest BCUT2D eigenvalue weighted by Gasteiger charge is 2.10. The summed E-state index contributed by atoms with van der Waals surface area (Å²) < 4.78 is 12.6. The summed E-state index contributed by atoms with van der Waals surface area (Å²) in [5.74, 6) is 0. The lowest BCUT2D eigenvalue weighted by Crippen LogP contribution is -2.14. The first kappa shape index (κ1) is 9.74. The molecule has 0 aliphatic carbocycles. The van der Waals surface area contributed by atoms with Crippen LogP contribution in [0.15, 0.2) is 0 Å². The van der Waals surface area contributed by atoms with Gasteiger partial charge in [0, 0.05) is 0 Å². The SMILES string of the molecule is C[14CH2]OC(=O)OC(=O)O[14CH2]C. The zero-order chi connectivity index (χ0) is 8.69. The van der Waals surface area contributed by atoms with Crippen molar-refractivity contribution < 1.29 is 23.8 Å². The van der Waals surface area contributed by atoms with Crippen LogP contribution in [0.4, 0.5) is 9.59 Å². The predicted molar refractivity (Wildman–Crippen MR) is 35.1 cm³/mol. The van der Waals surface area contributed by atoms with E-state index in [4.69, 9.17) is 0 Å². The third-order valence-electron chi connectivity index (χ3n) is 0.691. The molecule has 64 valence electrons. The third kappa shape index (κ3) is 5.20. The zero-order valence-corrected chi connectivity index (χ0v) is 6.46. The lowest BCUT2D eigenvalue weighted by Gasteiger charge is -2.01. The molecule has 0 rings (SSSR count). The number of carbonyl (C=O) groups excluding carboxylic acids is 2. The van der Waals surface area contributed by atoms with Crippen molar-refractivity contribution in [2.75, 3.05) is 13.2 Å². The molecule has 0 fully saturated rings. The van der Waals surface area contributed by atoms with E-state index in [0.717, 1.165) is 0 Å². The summed E-state index contributed by atoms with van der Waals surface area (Å²) in [6, 6.07) is 0. The minimum atomic E-state index is -1.04. The van der Waals surface area contributed by atoms with Crippen LogP contribution >= 0.6 is 0 Å². The van der Waals surface area contributed by atoms with E-state index in [2.05, 4.69) is 14.2 Å². The fourth-order valence-corrected chi connectivity index (χ4v) is 0.363. The molecule has 0 saturated heterocycles. The topological polar surface area (TPSA) is 61.8 Å². The van der Waals surface area contributed by atoms with Crippen molar-refractivity contribution in [3.8, 4) is 0 Å². The van der Waals surface area contributed by atoms with Gasteiger partial charge in [-0.3, -0.25) is 0 Å². The van der Waals surface area contributed by atoms with Gasteiger partial charge in [0.1, 0.15) is 0 Å². The lowest BCUT2D eigenvalue weighted by molar-refractivity contribution is 0.0409. The Bertz CT molecular complexity index is 126. The van der Waals surface area contributed by atoms with Crippen LogP contribution in [0.2, 0.25) is 0 Å². The molecule has 0 amide bonds. The molecule has 0 aromatic carbocycles. The van der Waals surface area contributed by atoms with E-state index >= 15 is 0 Å². The quantitative estimate of drug-likeness (QED) is 0.457. The van der Waals surface area contributed by atoms with Gasteiger partial charge in [0.05, 0.1) is 13.2 Å². The standard InChI is InChI=1S/C6H10O5/c1-3-9-5(7)11-6(8)10-4-2/h3-4H2,1-2H3/i3+2,4+2. The van der Waals surface area contributed by atoms with Crippen LogP contribution in [0.1, 0.15) is 13.8 Å². The van der Waals surface area contributed by atoms with Crippen LogP contribution in [0.25, 0.3) is 0 Å². The average molecular weight is 166 g/mol. The van der Waals surface area contributed by atoms with Crippen molar-refractivity contribution in [3.63, 3.8) is 0 Å². The molecule has 0 aliphatic heterocycles. The van der Waals surface area contributed by atoms with Crippen LogP contribution < -0.4 is 0 Å². The van der Waals surface area contributed by atoms with Gasteiger partial charge in [-0.05, 0) is 13.8 Å². The van der Waals surface area contributed by atoms with Gasteiger partial charge in [-0.2, -0.15) is 0 Å². The molecule has 0 spiro atoms. The van der Waals surface area contributed by atoms with E-state index in [0.29, 0.717) is 0 Å². The summed E-state index contributed by atoms with van der Waals surface area (Å²) in [4.78, 5) is 20.8. The average Bonchev–Trinajstić information content (AvgIpc) is 1.87. The Morgan fingerprint density at radius 2 is 1.36 bits per heavy atom. The first-order valence-electron chi connectivity index (χ1n) is 3.22. The van der Waals surface area contributed by atoms with Crippen molar-refractivity contribution >= 4 is 12.3 Å². The molecule has 0 aliphatic rings. The van der Waals surface area contributed by atoms with Crippen molar-refractivity contribution in [2.45, 2.75) is 13.8 Å². The Morgan fingerprint density at radius 1 is 1.00 bits per heavy atom. The van der Waals surface area contributed by atoms with E-state index in [1.54, 1.807) is 13.8 Å². The third-order valence-corrected chi connectivity index (χ3v) is 0.691. The van der Waals surface area contributed by atoms with Crippen LogP contribution in [-0.2, 0) is 14.2 Å². The molecule has 5 nitrogen and oxygen atoms in total. The van der Waals surface area contributed by atoms with Gasteiger partial charge in [0.25, 0.3) is 0 Å². The first-order valence-corrected chi connectivity index (χ1v) is 3.22. The number of carbonyl (C=O) groups is 2. The number of hydrogen-bond donors (Lipinski definition) is 0. The molecule has 0 radical (unpaired) electrons. The Kier molecular flexibility index (Phi) is 4.89. The molecule has 0 saturated carbocycles. The highest BCUT2D eigenvalue weighted by atomic mass is 16.9. The van der Waals surface area contributed by atoms with Crippen LogP contribution in [0, 0.1) is 0 Å². The number of ether oxygens (including phenoxy) is 3. The van der Waals surface area contributed by atoms with E-state index in [-0.39, 0.29) is 13.2 Å². The van der Waals surface area contributed by atoms with Crippen molar-refractivity contribution in [3.05, 3.63) is 0 Å². The molecule has 11 heavy (non-hydrogen) atoms. The second-order valence-corrected chi connectivity index (χ2v) is 1.47. The smallest absolute Gasteiger partial charge is 0.434 e. The largest absolute Gasteiger partial charge is 0.518 e. The van der Waals surface area contributed by atoms with Crippen molar-refractivity contribution in [1.29, 1.82) is 0 Å². The van der Waals surface area contributed by atoms with Gasteiger partial charge in [-0.15, -0.1) is 0 Å². The minimum absolute atomic E-state index is 0.165. The summed E-state index contributed by atoms with van der Waals surface area (Å²) in [6.45, 7) is 3.54. The highest BCUT2D eigenvalue weighted by molar-refractivity contribution is 5.76. The second-order valence-electron chi connectivity index (χ2n) is 1.47. The normalized spacial score (nSPS) is 8.55. The van der Waals surface area contributed by atoms with E-state index in [1.165, 1.54) is 0 Å². The van der Waals surface area contributed by atoms with Gasteiger partial charge in [0.2, 0.25) is 0 Å². The zero-order valence-electron chi connectivity index (χ0n) is 6.46. The number of hydrogen-bond acceptors (Lipinski definition) is 5. The van der Waals surface area contributed by atoms with E-state index < -0.39 is 12.3 Å². The van der Waals surface area contributed by atoms with Crippen molar-refractivity contribution in [2.24, 2.45) is 0 Å². The van der Waals surface area contributed by atoms with Gasteiger partial charge in [-0.25, -0.2) is 9.59 Å². The maximum absolute atomic E-state index is 10.4. The summed E-state index contributed by atoms with van der Waals surface area (Å²) in [6.07, 6.45) is -2.07. The summed E-state index contributed by atoms with van der Waals surface area (Å²) in [7, 11) is 0. The van der Waals surface area contributed by atoms with Gasteiger partial charge >= 0.3 is 12.3 Å². The molecule has 0 bridgehead atoms. The maximum atomic E-state index is 10.4. The molecule has 0 aromatic rings. The van der Waals surface area contributed by atoms with Crippen LogP contribution in [0.3, 0.4) is 0 Å². The molecule has 0 heterocycles. The van der Waals surface area contributed by atoms with Gasteiger partial charge < -0.3 is 14.2 Å². The summed E-state index contributed by atoms with van der Waals surface area (Å²) in [5, 5.41) is 0. The molecule has 0 unspecified atom stereocenters. The molecular weight excluding hydrogens is 156 g/mol. The minimum Gasteiger partial charge on any atom is -0.434 e. The van der Waals surface area contributed by atoms with Crippen LogP contribution in [0.5, 0.6) is 0 Å². The molecule has 0 aromatic heterocycles. The van der Waals surface area contributed by atoms with Crippen molar-refractivity contribution in [1.82, 2.24) is 0 Å². The fraction of sp³-hybridized carbons (Fsp3) is 0.667. The molecule has 0 N–H and O–H groups in total. The summed E-state index contributed by atoms with van der Waals surface area (Å²) >= 11 is 0. The fourth-order valence-electron chi connectivity index (χ4n) is 0.363. The Balaban J connectivity index is 3.49. The maximum Gasteiger partial charge on any atom is 0.518 e. The Morgan fingerprint density at radius 3 is 1.64 bits per heavy atom. The number of rotatable bonds is 2. The Hall–Kier alpha value is -1.26. The molecular formula is C6H10O5. The summed E-state index contributed by atoms with van der Waals surface area (Å²) in [5.41, 5.74) is 0. The second kappa shape index (κ2) is 5.52. The Labute approximate surface area is 64.2 Å². The first-order chi connectivity index (χ1) is 5.20. The van der Waals surface area contributed by atoms with Crippen LogP contribution in [-0.4, -0.2) is 25.5 Å². The van der Waals surface area contributed by atoms with E-state index in [9.17, 15) is 9.59 Å². The van der Waals surface area contributed by atoms with Gasteiger partial charge in [-0.1, -0.05) is 0 Å². The monoisotopic (exact) mass is 166 g/mol. The van der Waals surface area contributed by atoms with E-state index in [1.807, 2.05) is 0 Å². The molecule has 5 heteroatoms. The predicted octanol–water partition coefficient (Wildman–Crippen LogP) is 1.32. The van der Waals surface area contributed by atoms with Gasteiger partial charge in [0.15, 0.2) is 0 Å².